The van der Waals surface area contributed by atoms with Crippen molar-refractivity contribution in [1.82, 2.24) is 9.62 Å². The van der Waals surface area contributed by atoms with Crippen molar-refractivity contribution in [2.75, 3.05) is 32.5 Å². The highest BCUT2D eigenvalue weighted by atomic mass is 32.2. The Morgan fingerprint density at radius 2 is 2.05 bits per heavy atom. The smallest absolute Gasteiger partial charge is 0.242 e. The molecule has 2 rings (SSSR count). The summed E-state index contributed by atoms with van der Waals surface area (Å²) in [6.07, 6.45) is 1.92. The van der Waals surface area contributed by atoms with Gasteiger partial charge in [-0.3, -0.25) is 0 Å². The van der Waals surface area contributed by atoms with Crippen molar-refractivity contribution >= 4 is 15.7 Å². The summed E-state index contributed by atoms with van der Waals surface area (Å²) < 4.78 is 27.6. The Bertz CT molecular complexity index is 530. The first-order chi connectivity index (χ1) is 9.03. The Balaban J connectivity index is 2.18. The van der Waals surface area contributed by atoms with E-state index in [0.29, 0.717) is 10.6 Å². The monoisotopic (exact) mass is 283 g/mol. The molecule has 1 unspecified atom stereocenters. The molecular formula is C13H21N3O2S. The largest absolute Gasteiger partial charge is 0.387 e. The van der Waals surface area contributed by atoms with Crippen molar-refractivity contribution in [3.8, 4) is 0 Å². The van der Waals surface area contributed by atoms with Gasteiger partial charge >= 0.3 is 0 Å². The number of para-hydroxylation sites is 1. The van der Waals surface area contributed by atoms with E-state index < -0.39 is 10.0 Å². The summed E-state index contributed by atoms with van der Waals surface area (Å²) >= 11 is 0. The maximum atomic E-state index is 12.4. The van der Waals surface area contributed by atoms with Gasteiger partial charge in [-0.1, -0.05) is 12.1 Å². The summed E-state index contributed by atoms with van der Waals surface area (Å²) in [6.45, 7) is 1.80. The van der Waals surface area contributed by atoms with Gasteiger partial charge < -0.3 is 10.2 Å². The Morgan fingerprint density at radius 1 is 1.32 bits per heavy atom. The minimum atomic E-state index is -3.47. The molecule has 0 spiro atoms. The van der Waals surface area contributed by atoms with Crippen molar-refractivity contribution in [2.45, 2.75) is 23.8 Å². The summed E-state index contributed by atoms with van der Waals surface area (Å²) in [6, 6.07) is 6.94. The van der Waals surface area contributed by atoms with Crippen molar-refractivity contribution < 1.29 is 8.42 Å². The van der Waals surface area contributed by atoms with Crippen molar-refractivity contribution in [2.24, 2.45) is 0 Å². The summed E-state index contributed by atoms with van der Waals surface area (Å²) in [5.41, 5.74) is 0.624. The average Bonchev–Trinajstić information content (AvgIpc) is 2.38. The van der Waals surface area contributed by atoms with E-state index in [2.05, 4.69) is 14.9 Å². The molecule has 106 valence electrons. The number of piperidine rings is 1. The van der Waals surface area contributed by atoms with E-state index in [1.165, 1.54) is 0 Å². The van der Waals surface area contributed by atoms with Crippen LogP contribution >= 0.6 is 0 Å². The van der Waals surface area contributed by atoms with Crippen LogP contribution in [0.15, 0.2) is 29.2 Å². The molecule has 2 N–H and O–H groups in total. The number of hydrogen-bond acceptors (Lipinski definition) is 4. The minimum absolute atomic E-state index is 0.00587. The van der Waals surface area contributed by atoms with Gasteiger partial charge in [0, 0.05) is 19.6 Å². The van der Waals surface area contributed by atoms with E-state index in [4.69, 9.17) is 0 Å². The van der Waals surface area contributed by atoms with Gasteiger partial charge in [-0.15, -0.1) is 0 Å². The lowest BCUT2D eigenvalue weighted by molar-refractivity contribution is 0.242. The average molecular weight is 283 g/mol. The zero-order valence-electron chi connectivity index (χ0n) is 11.4. The van der Waals surface area contributed by atoms with Gasteiger partial charge in [-0.2, -0.15) is 0 Å². The lowest BCUT2D eigenvalue weighted by Gasteiger charge is -2.30. The highest BCUT2D eigenvalue weighted by Gasteiger charge is 2.25. The Kier molecular flexibility index (Phi) is 4.44. The number of hydrogen-bond donors (Lipinski definition) is 2. The maximum absolute atomic E-state index is 12.4. The maximum Gasteiger partial charge on any atom is 0.242 e. The molecule has 0 saturated carbocycles. The minimum Gasteiger partial charge on any atom is -0.387 e. The van der Waals surface area contributed by atoms with Crippen molar-refractivity contribution in [1.29, 1.82) is 0 Å². The highest BCUT2D eigenvalue weighted by Crippen LogP contribution is 2.21. The molecule has 0 amide bonds. The molecule has 5 nitrogen and oxygen atoms in total. The Labute approximate surface area is 115 Å². The van der Waals surface area contributed by atoms with Gasteiger partial charge in [0.1, 0.15) is 4.90 Å². The third kappa shape index (κ3) is 3.46. The first-order valence-electron chi connectivity index (χ1n) is 6.50. The third-order valence-corrected chi connectivity index (χ3v) is 4.97. The molecule has 1 saturated heterocycles. The van der Waals surface area contributed by atoms with Crippen LogP contribution in [0.3, 0.4) is 0 Å². The second-order valence-corrected chi connectivity index (χ2v) is 6.65. The van der Waals surface area contributed by atoms with Crippen LogP contribution in [-0.2, 0) is 10.0 Å². The van der Waals surface area contributed by atoms with E-state index in [1.807, 2.05) is 13.1 Å². The molecule has 0 aromatic heterocycles. The standard InChI is InChI=1S/C13H21N3O2S/c1-14-12-7-3-4-8-13(12)19(17,18)15-11-6-5-9-16(2)10-11/h3-4,7-8,11,14-15H,5-6,9-10H2,1-2H3. The highest BCUT2D eigenvalue weighted by molar-refractivity contribution is 7.89. The molecule has 19 heavy (non-hydrogen) atoms. The van der Waals surface area contributed by atoms with Crippen LogP contribution in [0.25, 0.3) is 0 Å². The van der Waals surface area contributed by atoms with Gasteiger partial charge in [0.2, 0.25) is 10.0 Å². The van der Waals surface area contributed by atoms with E-state index >= 15 is 0 Å². The Hall–Kier alpha value is -1.11. The Morgan fingerprint density at radius 3 is 2.74 bits per heavy atom. The van der Waals surface area contributed by atoms with Crippen LogP contribution in [0.2, 0.25) is 0 Å². The molecular weight excluding hydrogens is 262 g/mol. The molecule has 0 aliphatic carbocycles. The predicted octanol–water partition coefficient (Wildman–Crippen LogP) is 1.10. The molecule has 1 aliphatic heterocycles. The summed E-state index contributed by atoms with van der Waals surface area (Å²) in [4.78, 5) is 2.46. The van der Waals surface area contributed by atoms with Gasteiger partial charge in [0.15, 0.2) is 0 Å². The molecule has 1 heterocycles. The number of nitrogens with one attached hydrogen (secondary N) is 2. The quantitative estimate of drug-likeness (QED) is 0.869. The summed E-state index contributed by atoms with van der Waals surface area (Å²) in [5.74, 6) is 0. The second kappa shape index (κ2) is 5.90. The number of sulfonamides is 1. The summed E-state index contributed by atoms with van der Waals surface area (Å²) in [5, 5.41) is 2.92. The van der Waals surface area contributed by atoms with Crippen molar-refractivity contribution in [3.63, 3.8) is 0 Å². The SMILES string of the molecule is CNc1ccccc1S(=O)(=O)NC1CCCN(C)C1. The van der Waals surface area contributed by atoms with E-state index in [9.17, 15) is 8.42 Å². The third-order valence-electron chi connectivity index (χ3n) is 3.39. The predicted molar refractivity (Wildman–Crippen MR) is 76.8 cm³/mol. The lowest BCUT2D eigenvalue weighted by atomic mass is 10.1. The zero-order chi connectivity index (χ0) is 13.9. The fourth-order valence-corrected chi connectivity index (χ4v) is 3.93. The van der Waals surface area contributed by atoms with Crippen LogP contribution in [0.1, 0.15) is 12.8 Å². The van der Waals surface area contributed by atoms with Gasteiger partial charge in [-0.05, 0) is 38.6 Å². The number of nitrogens with zero attached hydrogens (tertiary/aromatic N) is 1. The topological polar surface area (TPSA) is 61.4 Å². The van der Waals surface area contributed by atoms with Crippen LogP contribution in [0.5, 0.6) is 0 Å². The van der Waals surface area contributed by atoms with E-state index in [1.54, 1.807) is 25.2 Å². The fourth-order valence-electron chi connectivity index (χ4n) is 2.45. The number of likely N-dealkylation sites (N-methyl/N-ethyl adjacent to an activating group) is 1. The van der Waals surface area contributed by atoms with Gasteiger partial charge in [-0.25, -0.2) is 13.1 Å². The first-order valence-corrected chi connectivity index (χ1v) is 7.99. The van der Waals surface area contributed by atoms with E-state index in [-0.39, 0.29) is 6.04 Å². The first kappa shape index (κ1) is 14.3. The van der Waals surface area contributed by atoms with Gasteiger partial charge in [0.25, 0.3) is 0 Å². The molecule has 0 bridgehead atoms. The second-order valence-electron chi connectivity index (χ2n) is 4.97. The number of likely N-dealkylation sites (tertiary alicyclic amines) is 1. The fraction of sp³-hybridized carbons (Fsp3) is 0.538. The molecule has 1 aromatic rings. The van der Waals surface area contributed by atoms with Gasteiger partial charge in [0.05, 0.1) is 5.69 Å². The van der Waals surface area contributed by atoms with Crippen LogP contribution in [0.4, 0.5) is 5.69 Å². The zero-order valence-corrected chi connectivity index (χ0v) is 12.2. The number of benzene rings is 1. The van der Waals surface area contributed by atoms with Crippen LogP contribution in [0, 0.1) is 0 Å². The molecule has 6 heteroatoms. The normalized spacial score (nSPS) is 21.3. The molecule has 1 aromatic carbocycles. The van der Waals surface area contributed by atoms with Crippen LogP contribution in [-0.4, -0.2) is 46.5 Å². The lowest BCUT2D eigenvalue weighted by Crippen LogP contribution is -2.46. The molecule has 1 atom stereocenters. The van der Waals surface area contributed by atoms with Crippen molar-refractivity contribution in [3.05, 3.63) is 24.3 Å². The molecule has 1 fully saturated rings. The number of rotatable bonds is 4. The molecule has 0 radical (unpaired) electrons. The summed E-state index contributed by atoms with van der Waals surface area (Å²) in [7, 11) is 0.276. The van der Waals surface area contributed by atoms with E-state index in [0.717, 1.165) is 25.9 Å². The number of anilines is 1. The van der Waals surface area contributed by atoms with Crippen LogP contribution < -0.4 is 10.0 Å². The molecule has 1 aliphatic rings.